The van der Waals surface area contributed by atoms with E-state index in [2.05, 4.69) is 46.2 Å². The molecule has 0 N–H and O–H groups in total. The summed E-state index contributed by atoms with van der Waals surface area (Å²) in [5.74, 6) is -0.0646. The Balaban J connectivity index is 1.46. The minimum absolute atomic E-state index is 0.0646. The van der Waals surface area contributed by atoms with Crippen molar-refractivity contribution < 1.29 is 4.79 Å². The average molecular weight is 356 g/mol. The molecule has 0 saturated carbocycles. The zero-order valence-corrected chi connectivity index (χ0v) is 14.6. The number of aryl methyl sites for hydroxylation is 1. The number of amides is 1. The van der Waals surface area contributed by atoms with Gasteiger partial charge in [-0.15, -0.1) is 0 Å². The Morgan fingerprint density at radius 2 is 1.76 bits per heavy atom. The van der Waals surface area contributed by atoms with Crippen molar-refractivity contribution in [1.82, 2.24) is 19.5 Å². The van der Waals surface area contributed by atoms with Gasteiger partial charge in [0, 0.05) is 31.9 Å². The normalized spacial score (nSPS) is 15.0. The van der Waals surface area contributed by atoms with Crippen LogP contribution in [0.2, 0.25) is 5.15 Å². The number of benzene rings is 1. The van der Waals surface area contributed by atoms with Crippen LogP contribution in [0.3, 0.4) is 0 Å². The van der Waals surface area contributed by atoms with Crippen LogP contribution in [-0.4, -0.2) is 51.6 Å². The lowest BCUT2D eigenvalue weighted by Gasteiger charge is -2.35. The number of hydrogen-bond donors (Lipinski definition) is 0. The number of piperazine rings is 1. The topological polar surface area (TPSA) is 53.7 Å². The SMILES string of the molecule is Cc1ccc(N2CCN(C(=O)c3cn4nc(Cl)ccc4n3)CC2)cc1. The van der Waals surface area contributed by atoms with E-state index in [0.29, 0.717) is 29.6 Å². The molecule has 1 amide bonds. The predicted molar refractivity (Wildman–Crippen MR) is 97.3 cm³/mol. The van der Waals surface area contributed by atoms with E-state index in [1.165, 1.54) is 15.8 Å². The number of rotatable bonds is 2. The molecule has 1 aromatic carbocycles. The van der Waals surface area contributed by atoms with Gasteiger partial charge in [-0.25, -0.2) is 9.50 Å². The van der Waals surface area contributed by atoms with Gasteiger partial charge in [-0.05, 0) is 31.2 Å². The van der Waals surface area contributed by atoms with Crippen LogP contribution < -0.4 is 4.90 Å². The number of nitrogens with zero attached hydrogens (tertiary/aromatic N) is 5. The van der Waals surface area contributed by atoms with Gasteiger partial charge in [0.2, 0.25) is 0 Å². The van der Waals surface area contributed by atoms with E-state index in [4.69, 9.17) is 11.6 Å². The molecule has 0 bridgehead atoms. The predicted octanol–water partition coefficient (Wildman–Crippen LogP) is 2.65. The van der Waals surface area contributed by atoms with Crippen molar-refractivity contribution in [2.24, 2.45) is 0 Å². The highest BCUT2D eigenvalue weighted by atomic mass is 35.5. The number of aromatic nitrogens is 3. The summed E-state index contributed by atoms with van der Waals surface area (Å²) in [6.07, 6.45) is 1.63. The lowest BCUT2D eigenvalue weighted by atomic mass is 10.2. The molecule has 1 aliphatic heterocycles. The van der Waals surface area contributed by atoms with Crippen LogP contribution in [0.25, 0.3) is 5.65 Å². The Kier molecular flexibility index (Phi) is 4.05. The summed E-state index contributed by atoms with van der Waals surface area (Å²) >= 11 is 5.88. The first-order valence-corrected chi connectivity index (χ1v) is 8.61. The van der Waals surface area contributed by atoms with E-state index < -0.39 is 0 Å². The smallest absolute Gasteiger partial charge is 0.274 e. The first kappa shape index (κ1) is 15.9. The maximum Gasteiger partial charge on any atom is 0.274 e. The first-order valence-electron chi connectivity index (χ1n) is 8.23. The average Bonchev–Trinajstić information content (AvgIpc) is 3.05. The maximum atomic E-state index is 12.7. The van der Waals surface area contributed by atoms with Crippen molar-refractivity contribution in [1.29, 1.82) is 0 Å². The second-order valence-electron chi connectivity index (χ2n) is 6.20. The van der Waals surface area contributed by atoms with Crippen LogP contribution >= 0.6 is 11.6 Å². The second-order valence-corrected chi connectivity index (χ2v) is 6.59. The number of carbonyl (C=O) groups is 1. The van der Waals surface area contributed by atoms with Crippen LogP contribution in [0.4, 0.5) is 5.69 Å². The van der Waals surface area contributed by atoms with Crippen LogP contribution in [0, 0.1) is 6.92 Å². The highest BCUT2D eigenvalue weighted by Gasteiger charge is 2.24. The molecule has 0 aliphatic carbocycles. The fourth-order valence-electron chi connectivity index (χ4n) is 3.05. The summed E-state index contributed by atoms with van der Waals surface area (Å²) in [5, 5.41) is 4.49. The maximum absolute atomic E-state index is 12.7. The standard InChI is InChI=1S/C18H18ClN5O/c1-13-2-4-14(5-3-13)22-8-10-23(11-9-22)18(25)15-12-24-17(20-15)7-6-16(19)21-24/h2-7,12H,8-11H2,1H3. The van der Waals surface area contributed by atoms with Crippen molar-refractivity contribution in [3.05, 3.63) is 59.0 Å². The third-order valence-corrected chi connectivity index (χ3v) is 4.67. The molecule has 1 aliphatic rings. The molecule has 3 heterocycles. The third-order valence-electron chi connectivity index (χ3n) is 4.47. The van der Waals surface area contributed by atoms with Crippen LogP contribution in [0.15, 0.2) is 42.6 Å². The fraction of sp³-hybridized carbons (Fsp3) is 0.278. The van der Waals surface area contributed by atoms with Crippen molar-refractivity contribution in [3.8, 4) is 0 Å². The Labute approximate surface area is 150 Å². The quantitative estimate of drug-likeness (QED) is 0.709. The van der Waals surface area contributed by atoms with Gasteiger partial charge in [-0.1, -0.05) is 29.3 Å². The Hall–Kier alpha value is -2.60. The monoisotopic (exact) mass is 355 g/mol. The zero-order chi connectivity index (χ0) is 17.4. The molecule has 25 heavy (non-hydrogen) atoms. The van der Waals surface area contributed by atoms with Gasteiger partial charge in [-0.2, -0.15) is 5.10 Å². The Morgan fingerprint density at radius 1 is 1.04 bits per heavy atom. The number of carbonyl (C=O) groups excluding carboxylic acids is 1. The third kappa shape index (κ3) is 3.17. The fourth-order valence-corrected chi connectivity index (χ4v) is 3.19. The minimum atomic E-state index is -0.0646. The summed E-state index contributed by atoms with van der Waals surface area (Å²) in [7, 11) is 0. The second kappa shape index (κ2) is 6.37. The summed E-state index contributed by atoms with van der Waals surface area (Å²) in [5.41, 5.74) is 3.46. The molecule has 4 rings (SSSR count). The molecular formula is C18H18ClN5O. The van der Waals surface area contributed by atoms with Gasteiger partial charge in [0.25, 0.3) is 5.91 Å². The van der Waals surface area contributed by atoms with E-state index in [9.17, 15) is 4.79 Å². The minimum Gasteiger partial charge on any atom is -0.368 e. The van der Waals surface area contributed by atoms with E-state index in [1.54, 1.807) is 18.3 Å². The first-order chi connectivity index (χ1) is 12.1. The van der Waals surface area contributed by atoms with Crippen LogP contribution in [0.5, 0.6) is 0 Å². The van der Waals surface area contributed by atoms with Gasteiger partial charge in [0.15, 0.2) is 5.65 Å². The molecule has 6 nitrogen and oxygen atoms in total. The number of anilines is 1. The largest absolute Gasteiger partial charge is 0.368 e. The molecule has 7 heteroatoms. The molecule has 1 fully saturated rings. The molecule has 3 aromatic rings. The van der Waals surface area contributed by atoms with E-state index >= 15 is 0 Å². The van der Waals surface area contributed by atoms with Gasteiger partial charge in [0.1, 0.15) is 10.8 Å². The van der Waals surface area contributed by atoms with Crippen molar-refractivity contribution in [3.63, 3.8) is 0 Å². The van der Waals surface area contributed by atoms with Gasteiger partial charge in [0.05, 0.1) is 6.20 Å². The number of halogens is 1. The molecule has 2 aromatic heterocycles. The van der Waals surface area contributed by atoms with E-state index in [0.717, 1.165) is 13.1 Å². The highest BCUT2D eigenvalue weighted by molar-refractivity contribution is 6.29. The summed E-state index contributed by atoms with van der Waals surface area (Å²) < 4.78 is 1.54. The molecule has 0 radical (unpaired) electrons. The number of fused-ring (bicyclic) bond motifs is 1. The molecule has 0 atom stereocenters. The van der Waals surface area contributed by atoms with E-state index in [1.807, 2.05) is 4.90 Å². The van der Waals surface area contributed by atoms with Gasteiger partial charge in [-0.3, -0.25) is 4.79 Å². The number of hydrogen-bond acceptors (Lipinski definition) is 4. The lowest BCUT2D eigenvalue weighted by molar-refractivity contribution is 0.0741. The Bertz CT molecular complexity index is 913. The van der Waals surface area contributed by atoms with Gasteiger partial charge < -0.3 is 9.80 Å². The summed E-state index contributed by atoms with van der Waals surface area (Å²) in [6.45, 7) is 5.05. The van der Waals surface area contributed by atoms with Crippen molar-refractivity contribution >= 4 is 28.8 Å². The molecule has 128 valence electrons. The zero-order valence-electron chi connectivity index (χ0n) is 13.9. The van der Waals surface area contributed by atoms with E-state index in [-0.39, 0.29) is 5.91 Å². The van der Waals surface area contributed by atoms with Crippen LogP contribution in [0.1, 0.15) is 16.1 Å². The summed E-state index contributed by atoms with van der Waals surface area (Å²) in [6, 6.07) is 11.9. The molecular weight excluding hydrogens is 338 g/mol. The van der Waals surface area contributed by atoms with Gasteiger partial charge >= 0.3 is 0 Å². The summed E-state index contributed by atoms with van der Waals surface area (Å²) in [4.78, 5) is 21.2. The van der Waals surface area contributed by atoms with Crippen molar-refractivity contribution in [2.75, 3.05) is 31.1 Å². The molecule has 0 unspecified atom stereocenters. The van der Waals surface area contributed by atoms with Crippen LogP contribution in [-0.2, 0) is 0 Å². The highest BCUT2D eigenvalue weighted by Crippen LogP contribution is 2.18. The molecule has 1 saturated heterocycles. The Morgan fingerprint density at radius 3 is 2.48 bits per heavy atom. The lowest BCUT2D eigenvalue weighted by Crippen LogP contribution is -2.48. The van der Waals surface area contributed by atoms with Crippen molar-refractivity contribution in [2.45, 2.75) is 6.92 Å². The molecule has 0 spiro atoms. The number of imidazole rings is 1.